The van der Waals surface area contributed by atoms with Gasteiger partial charge in [0.1, 0.15) is 11.5 Å². The minimum absolute atomic E-state index is 0.0447. The van der Waals surface area contributed by atoms with Crippen LogP contribution < -0.4 is 4.74 Å². The zero-order valence-electron chi connectivity index (χ0n) is 15.1. The average Bonchev–Trinajstić information content (AvgIpc) is 2.68. The predicted octanol–water partition coefficient (Wildman–Crippen LogP) is 5.14. The second kappa shape index (κ2) is 8.00. The van der Waals surface area contributed by atoms with Crippen LogP contribution in [0.25, 0.3) is 0 Å². The molecule has 2 aromatic rings. The van der Waals surface area contributed by atoms with Crippen molar-refractivity contribution in [2.24, 2.45) is 4.99 Å². The highest BCUT2D eigenvalue weighted by atomic mass is 16.5. The van der Waals surface area contributed by atoms with Crippen LogP contribution in [-0.2, 0) is 4.79 Å². The lowest BCUT2D eigenvalue weighted by atomic mass is 9.79. The highest BCUT2D eigenvalue weighted by Crippen LogP contribution is 2.34. The summed E-state index contributed by atoms with van der Waals surface area (Å²) in [5.74, 6) is 0.905. The average molecular weight is 349 g/mol. The van der Waals surface area contributed by atoms with Crippen molar-refractivity contribution in [1.29, 1.82) is 0 Å². The number of hydrogen-bond donors (Lipinski definition) is 1. The molecule has 1 atom stereocenters. The Labute approximate surface area is 153 Å². The van der Waals surface area contributed by atoms with Crippen LogP contribution in [0.3, 0.4) is 0 Å². The number of aliphatic imine (C=N–C) groups is 1. The number of ether oxygens (including phenoxy) is 1. The number of aliphatic hydroxyl groups is 1. The maximum absolute atomic E-state index is 12.8. The fraction of sp³-hybridized carbons (Fsp3) is 0.273. The zero-order valence-corrected chi connectivity index (χ0v) is 15.1. The van der Waals surface area contributed by atoms with Gasteiger partial charge in [0.2, 0.25) is 0 Å². The van der Waals surface area contributed by atoms with Gasteiger partial charge in [0, 0.05) is 12.8 Å². The monoisotopic (exact) mass is 349 g/mol. The molecule has 0 spiro atoms. The number of ketones is 1. The summed E-state index contributed by atoms with van der Waals surface area (Å²) < 4.78 is 5.18. The van der Waals surface area contributed by atoms with E-state index in [0.29, 0.717) is 30.5 Å². The summed E-state index contributed by atoms with van der Waals surface area (Å²) in [6.07, 6.45) is 1.44. The summed E-state index contributed by atoms with van der Waals surface area (Å²) in [5, 5.41) is 10.3. The largest absolute Gasteiger partial charge is 0.512 e. The maximum Gasteiger partial charge on any atom is 0.168 e. The van der Waals surface area contributed by atoms with E-state index in [9.17, 15) is 9.90 Å². The molecule has 0 radical (unpaired) electrons. The number of Topliss-reactive ketones (excluding diaryl/α,β-unsaturated/α-hetero) is 1. The van der Waals surface area contributed by atoms with Crippen molar-refractivity contribution in [2.45, 2.75) is 32.1 Å². The van der Waals surface area contributed by atoms with Gasteiger partial charge < -0.3 is 9.84 Å². The Kier molecular flexibility index (Phi) is 5.52. The molecule has 0 aromatic heterocycles. The highest BCUT2D eigenvalue weighted by molar-refractivity contribution is 6.25. The number of carbonyl (C=O) groups excluding carboxylic acids is 1. The van der Waals surface area contributed by atoms with E-state index in [1.807, 2.05) is 61.5 Å². The molecule has 1 saturated carbocycles. The van der Waals surface area contributed by atoms with E-state index in [2.05, 4.69) is 0 Å². The fourth-order valence-electron chi connectivity index (χ4n) is 3.27. The van der Waals surface area contributed by atoms with Crippen LogP contribution in [0.1, 0.15) is 37.7 Å². The Bertz CT molecular complexity index is 835. The summed E-state index contributed by atoms with van der Waals surface area (Å²) in [7, 11) is 1.62. The summed E-state index contributed by atoms with van der Waals surface area (Å²) in [5.41, 5.74) is 2.90. The first-order valence-electron chi connectivity index (χ1n) is 8.84. The summed E-state index contributed by atoms with van der Waals surface area (Å²) in [6.45, 7) is 1.84. The predicted molar refractivity (Wildman–Crippen MR) is 103 cm³/mol. The van der Waals surface area contributed by atoms with Crippen LogP contribution in [0.2, 0.25) is 0 Å². The molecule has 26 heavy (non-hydrogen) atoms. The van der Waals surface area contributed by atoms with Crippen LogP contribution in [0, 0.1) is 0 Å². The van der Waals surface area contributed by atoms with Crippen molar-refractivity contribution in [3.05, 3.63) is 71.5 Å². The molecule has 2 aromatic carbocycles. The molecule has 0 heterocycles. The lowest BCUT2D eigenvalue weighted by Crippen LogP contribution is -2.26. The Balaban J connectivity index is 2.00. The first kappa shape index (κ1) is 17.9. The summed E-state index contributed by atoms with van der Waals surface area (Å²) >= 11 is 0. The molecular weight excluding hydrogens is 326 g/mol. The standard InChI is InChI=1S/C22H23NO3/c1-3-20(24)22-19(23-17-9-11-18(26-2)12-10-17)13-16(14-21(22)25)15-7-5-4-6-8-15/h4-12,16,24H,3,13-14H2,1-2H3/b22-20-,23-19?. The molecule has 4 nitrogen and oxygen atoms in total. The minimum Gasteiger partial charge on any atom is -0.512 e. The molecule has 0 bridgehead atoms. The van der Waals surface area contributed by atoms with Gasteiger partial charge in [0.25, 0.3) is 0 Å². The zero-order chi connectivity index (χ0) is 18.5. The quantitative estimate of drug-likeness (QED) is 0.614. The fourth-order valence-corrected chi connectivity index (χ4v) is 3.27. The minimum atomic E-state index is -0.0447. The van der Waals surface area contributed by atoms with Crippen LogP contribution in [-0.4, -0.2) is 23.7 Å². The van der Waals surface area contributed by atoms with Crippen molar-refractivity contribution in [1.82, 2.24) is 0 Å². The van der Waals surface area contributed by atoms with Gasteiger partial charge in [-0.05, 0) is 42.2 Å². The van der Waals surface area contributed by atoms with Crippen molar-refractivity contribution in [3.8, 4) is 5.75 Å². The van der Waals surface area contributed by atoms with Crippen LogP contribution in [0.5, 0.6) is 5.75 Å². The third-order valence-electron chi connectivity index (χ3n) is 4.67. The summed E-state index contributed by atoms with van der Waals surface area (Å²) in [4.78, 5) is 17.5. The van der Waals surface area contributed by atoms with Crippen molar-refractivity contribution >= 4 is 17.2 Å². The first-order valence-corrected chi connectivity index (χ1v) is 8.84. The maximum atomic E-state index is 12.8. The van der Waals surface area contributed by atoms with Crippen LogP contribution in [0.4, 0.5) is 5.69 Å². The summed E-state index contributed by atoms with van der Waals surface area (Å²) in [6, 6.07) is 17.4. The van der Waals surface area contributed by atoms with Gasteiger partial charge in [-0.1, -0.05) is 37.3 Å². The molecule has 1 aliphatic rings. The Hall–Kier alpha value is -2.88. The first-order chi connectivity index (χ1) is 12.6. The van der Waals surface area contributed by atoms with E-state index in [0.717, 1.165) is 17.0 Å². The Morgan fingerprint density at radius 1 is 1.12 bits per heavy atom. The van der Waals surface area contributed by atoms with Gasteiger partial charge in [-0.25, -0.2) is 0 Å². The molecule has 1 N–H and O–H groups in total. The molecule has 1 aliphatic carbocycles. The third kappa shape index (κ3) is 3.85. The van der Waals surface area contributed by atoms with Crippen LogP contribution >= 0.6 is 0 Å². The molecule has 3 rings (SSSR count). The van der Waals surface area contributed by atoms with Gasteiger partial charge in [-0.15, -0.1) is 0 Å². The topological polar surface area (TPSA) is 58.9 Å². The van der Waals surface area contributed by atoms with Crippen molar-refractivity contribution < 1.29 is 14.6 Å². The van der Waals surface area contributed by atoms with E-state index >= 15 is 0 Å². The molecule has 1 unspecified atom stereocenters. The second-order valence-corrected chi connectivity index (χ2v) is 6.37. The van der Waals surface area contributed by atoms with E-state index in [4.69, 9.17) is 9.73 Å². The van der Waals surface area contributed by atoms with E-state index in [1.165, 1.54) is 0 Å². The number of carbonyl (C=O) groups is 1. The number of hydrogen-bond acceptors (Lipinski definition) is 4. The van der Waals surface area contributed by atoms with Gasteiger partial charge >= 0.3 is 0 Å². The number of benzene rings is 2. The van der Waals surface area contributed by atoms with Gasteiger partial charge in [-0.3, -0.25) is 9.79 Å². The van der Waals surface area contributed by atoms with E-state index in [-0.39, 0.29) is 17.5 Å². The number of nitrogens with zero attached hydrogens (tertiary/aromatic N) is 1. The lowest BCUT2D eigenvalue weighted by Gasteiger charge is -2.25. The second-order valence-electron chi connectivity index (χ2n) is 6.37. The Morgan fingerprint density at radius 3 is 2.42 bits per heavy atom. The van der Waals surface area contributed by atoms with Crippen molar-refractivity contribution in [3.63, 3.8) is 0 Å². The highest BCUT2D eigenvalue weighted by Gasteiger charge is 2.32. The molecular formula is C22H23NO3. The Morgan fingerprint density at radius 2 is 1.81 bits per heavy atom. The number of methoxy groups -OCH3 is 1. The molecule has 0 aliphatic heterocycles. The normalized spacial score (nSPS) is 20.9. The van der Waals surface area contributed by atoms with E-state index < -0.39 is 0 Å². The lowest BCUT2D eigenvalue weighted by molar-refractivity contribution is -0.115. The smallest absolute Gasteiger partial charge is 0.168 e. The molecule has 1 fully saturated rings. The third-order valence-corrected chi connectivity index (χ3v) is 4.67. The number of aliphatic hydroxyl groups excluding tert-OH is 1. The molecule has 0 saturated heterocycles. The van der Waals surface area contributed by atoms with Crippen molar-refractivity contribution in [2.75, 3.05) is 7.11 Å². The van der Waals surface area contributed by atoms with Gasteiger partial charge in [0.05, 0.1) is 24.1 Å². The van der Waals surface area contributed by atoms with Gasteiger partial charge in [-0.2, -0.15) is 0 Å². The van der Waals surface area contributed by atoms with Gasteiger partial charge in [0.15, 0.2) is 5.78 Å². The molecule has 0 amide bonds. The number of allylic oxidation sites excluding steroid dienone is 2. The SMILES string of the molecule is CC/C(O)=C1/C(=O)CC(c2ccccc2)CC1=Nc1ccc(OC)cc1. The molecule has 4 heteroatoms. The van der Waals surface area contributed by atoms with Crippen LogP contribution in [0.15, 0.2) is 70.9 Å². The number of rotatable bonds is 4. The molecule has 134 valence electrons. The van der Waals surface area contributed by atoms with E-state index in [1.54, 1.807) is 7.11 Å².